The maximum Gasteiger partial charge on any atom is 0.325 e. The van der Waals surface area contributed by atoms with Crippen molar-refractivity contribution in [3.63, 3.8) is 0 Å². The van der Waals surface area contributed by atoms with Gasteiger partial charge in [-0.1, -0.05) is 17.7 Å². The number of nitrogens with one attached hydrogen (secondary N) is 3. The molecule has 0 radical (unpaired) electrons. The minimum atomic E-state index is -0.505. The Bertz CT molecular complexity index is 400. The van der Waals surface area contributed by atoms with Crippen LogP contribution in [0.15, 0.2) is 18.2 Å². The van der Waals surface area contributed by atoms with Gasteiger partial charge < -0.3 is 11.1 Å². The van der Waals surface area contributed by atoms with Crippen LogP contribution in [0.25, 0.3) is 0 Å². The monoisotopic (exact) mass is 206 g/mol. The second-order valence-corrected chi connectivity index (χ2v) is 3.31. The molecular formula is C10H14N4O. The van der Waals surface area contributed by atoms with Crippen LogP contribution in [-0.4, -0.2) is 12.0 Å². The number of anilines is 1. The second-order valence-electron chi connectivity index (χ2n) is 3.31. The summed E-state index contributed by atoms with van der Waals surface area (Å²) in [6.45, 7) is 3.88. The molecule has 80 valence electrons. The molecule has 0 bridgehead atoms. The number of guanidine groups is 1. The van der Waals surface area contributed by atoms with Gasteiger partial charge in [0, 0.05) is 5.69 Å². The van der Waals surface area contributed by atoms with Crippen molar-refractivity contribution in [3.8, 4) is 0 Å². The average Bonchev–Trinajstić information content (AvgIpc) is 2.08. The summed E-state index contributed by atoms with van der Waals surface area (Å²) in [5.41, 5.74) is 7.82. The summed E-state index contributed by atoms with van der Waals surface area (Å²) >= 11 is 0. The lowest BCUT2D eigenvalue weighted by Crippen LogP contribution is -2.38. The van der Waals surface area contributed by atoms with E-state index in [0.29, 0.717) is 5.69 Å². The summed E-state index contributed by atoms with van der Waals surface area (Å²) in [4.78, 5) is 11.2. The van der Waals surface area contributed by atoms with E-state index in [4.69, 9.17) is 11.1 Å². The highest BCUT2D eigenvalue weighted by molar-refractivity contribution is 6.01. The van der Waals surface area contributed by atoms with Gasteiger partial charge in [-0.25, -0.2) is 4.79 Å². The van der Waals surface area contributed by atoms with Gasteiger partial charge in [0.05, 0.1) is 0 Å². The Morgan fingerprint density at radius 3 is 2.60 bits per heavy atom. The SMILES string of the molecule is Cc1ccc(NC(=O)NC(=N)N)c(C)c1. The fraction of sp³-hybridized carbons (Fsp3) is 0.200. The maximum absolute atomic E-state index is 11.2. The van der Waals surface area contributed by atoms with E-state index in [-0.39, 0.29) is 5.96 Å². The standard InChI is InChI=1S/C10H14N4O/c1-6-3-4-8(7(2)5-6)13-10(15)14-9(11)12/h3-5H,1-2H3,(H5,11,12,13,14,15). The highest BCUT2D eigenvalue weighted by Gasteiger charge is 2.04. The van der Waals surface area contributed by atoms with Crippen LogP contribution in [0.5, 0.6) is 0 Å². The fourth-order valence-electron chi connectivity index (χ4n) is 1.23. The van der Waals surface area contributed by atoms with Crippen LogP contribution in [0.4, 0.5) is 10.5 Å². The summed E-state index contributed by atoms with van der Waals surface area (Å²) in [7, 11) is 0. The number of carbonyl (C=O) groups excluding carboxylic acids is 1. The summed E-state index contributed by atoms with van der Waals surface area (Å²) in [5, 5.41) is 11.6. The van der Waals surface area contributed by atoms with Crippen LogP contribution in [-0.2, 0) is 0 Å². The second kappa shape index (κ2) is 4.45. The largest absolute Gasteiger partial charge is 0.370 e. The summed E-state index contributed by atoms with van der Waals surface area (Å²) in [6, 6.07) is 5.17. The number of hydrogen-bond acceptors (Lipinski definition) is 2. The van der Waals surface area contributed by atoms with E-state index < -0.39 is 6.03 Å². The van der Waals surface area contributed by atoms with Crippen LogP contribution in [0.2, 0.25) is 0 Å². The van der Waals surface area contributed by atoms with Crippen molar-refractivity contribution in [2.75, 3.05) is 5.32 Å². The molecule has 5 nitrogen and oxygen atoms in total. The van der Waals surface area contributed by atoms with Gasteiger partial charge in [-0.15, -0.1) is 0 Å². The molecule has 15 heavy (non-hydrogen) atoms. The van der Waals surface area contributed by atoms with Crippen molar-refractivity contribution in [1.29, 1.82) is 5.41 Å². The first-order chi connectivity index (χ1) is 6.99. The fourth-order valence-corrected chi connectivity index (χ4v) is 1.23. The molecule has 0 aliphatic heterocycles. The quantitative estimate of drug-likeness (QED) is 0.412. The molecule has 0 aliphatic carbocycles. The molecule has 0 unspecified atom stereocenters. The Balaban J connectivity index is 2.72. The Kier molecular flexibility index (Phi) is 3.28. The van der Waals surface area contributed by atoms with E-state index in [9.17, 15) is 4.79 Å². The number of nitrogens with two attached hydrogens (primary N) is 1. The first kappa shape index (κ1) is 11.0. The highest BCUT2D eigenvalue weighted by Crippen LogP contribution is 2.15. The van der Waals surface area contributed by atoms with Crippen LogP contribution in [0.3, 0.4) is 0 Å². The van der Waals surface area contributed by atoms with E-state index >= 15 is 0 Å². The number of rotatable bonds is 1. The van der Waals surface area contributed by atoms with E-state index in [0.717, 1.165) is 11.1 Å². The molecule has 0 aliphatic rings. The molecule has 1 rings (SSSR count). The van der Waals surface area contributed by atoms with Crippen LogP contribution in [0, 0.1) is 19.3 Å². The Morgan fingerprint density at radius 1 is 1.40 bits per heavy atom. The van der Waals surface area contributed by atoms with Gasteiger partial charge in [0.2, 0.25) is 0 Å². The van der Waals surface area contributed by atoms with Gasteiger partial charge in [-0.05, 0) is 25.5 Å². The molecule has 0 atom stereocenters. The van der Waals surface area contributed by atoms with E-state index in [2.05, 4.69) is 10.6 Å². The smallest absolute Gasteiger partial charge is 0.325 e. The normalized spacial score (nSPS) is 9.47. The average molecular weight is 206 g/mol. The van der Waals surface area contributed by atoms with Gasteiger partial charge in [0.15, 0.2) is 5.96 Å². The van der Waals surface area contributed by atoms with E-state index in [1.807, 2.05) is 32.0 Å². The summed E-state index contributed by atoms with van der Waals surface area (Å²) in [6.07, 6.45) is 0. The van der Waals surface area contributed by atoms with Gasteiger partial charge in [0.1, 0.15) is 0 Å². The van der Waals surface area contributed by atoms with Crippen LogP contribution >= 0.6 is 0 Å². The predicted octanol–water partition coefficient (Wildman–Crippen LogP) is 1.32. The molecule has 5 N–H and O–H groups in total. The third-order valence-electron chi connectivity index (χ3n) is 1.88. The van der Waals surface area contributed by atoms with Crippen LogP contribution in [0.1, 0.15) is 11.1 Å². The minimum Gasteiger partial charge on any atom is -0.370 e. The van der Waals surface area contributed by atoms with Gasteiger partial charge in [-0.2, -0.15) is 0 Å². The molecule has 0 spiro atoms. The Hall–Kier alpha value is -2.04. The number of urea groups is 1. The van der Waals surface area contributed by atoms with Crippen molar-refractivity contribution in [1.82, 2.24) is 5.32 Å². The van der Waals surface area contributed by atoms with Crippen molar-refractivity contribution in [2.45, 2.75) is 13.8 Å². The summed E-state index contributed by atoms with van der Waals surface area (Å²) in [5.74, 6) is -0.378. The summed E-state index contributed by atoms with van der Waals surface area (Å²) < 4.78 is 0. The molecule has 0 saturated carbocycles. The zero-order valence-corrected chi connectivity index (χ0v) is 8.72. The first-order valence-electron chi connectivity index (χ1n) is 4.48. The number of aryl methyl sites for hydroxylation is 2. The molecule has 0 aromatic heterocycles. The van der Waals surface area contributed by atoms with Gasteiger partial charge in [-0.3, -0.25) is 10.7 Å². The lowest BCUT2D eigenvalue weighted by Gasteiger charge is -2.09. The molecule has 2 amide bonds. The van der Waals surface area contributed by atoms with Crippen molar-refractivity contribution < 1.29 is 4.79 Å². The molecule has 1 aromatic rings. The number of benzene rings is 1. The lowest BCUT2D eigenvalue weighted by atomic mass is 10.1. The van der Waals surface area contributed by atoms with Crippen LogP contribution < -0.4 is 16.4 Å². The third kappa shape index (κ3) is 3.30. The predicted molar refractivity (Wildman–Crippen MR) is 60.0 cm³/mol. The van der Waals surface area contributed by atoms with E-state index in [1.54, 1.807) is 0 Å². The first-order valence-corrected chi connectivity index (χ1v) is 4.48. The number of amides is 2. The Morgan fingerprint density at radius 2 is 2.07 bits per heavy atom. The molecule has 0 fully saturated rings. The van der Waals surface area contributed by atoms with Crippen molar-refractivity contribution >= 4 is 17.7 Å². The number of carbonyl (C=O) groups is 1. The third-order valence-corrected chi connectivity index (χ3v) is 1.88. The topological polar surface area (TPSA) is 91.0 Å². The zero-order valence-electron chi connectivity index (χ0n) is 8.72. The Labute approximate surface area is 88.2 Å². The van der Waals surface area contributed by atoms with Gasteiger partial charge in [0.25, 0.3) is 0 Å². The van der Waals surface area contributed by atoms with E-state index in [1.165, 1.54) is 0 Å². The molecule has 0 heterocycles. The zero-order chi connectivity index (χ0) is 11.4. The lowest BCUT2D eigenvalue weighted by molar-refractivity contribution is 0.256. The maximum atomic E-state index is 11.2. The molecule has 0 saturated heterocycles. The van der Waals surface area contributed by atoms with Crippen molar-refractivity contribution in [2.24, 2.45) is 5.73 Å². The van der Waals surface area contributed by atoms with Crippen molar-refractivity contribution in [3.05, 3.63) is 29.3 Å². The minimum absolute atomic E-state index is 0.378. The number of hydrogen-bond donors (Lipinski definition) is 4. The molecular weight excluding hydrogens is 192 g/mol. The highest BCUT2D eigenvalue weighted by atomic mass is 16.2. The molecule has 5 heteroatoms. The van der Waals surface area contributed by atoms with Gasteiger partial charge >= 0.3 is 6.03 Å². The molecule has 1 aromatic carbocycles.